The number of benzene rings is 1. The maximum Gasteiger partial charge on any atom is 0.294 e. The van der Waals surface area contributed by atoms with Gasteiger partial charge in [-0.05, 0) is 24.3 Å². The molecule has 0 saturated heterocycles. The Morgan fingerprint density at radius 2 is 1.58 bits per heavy atom. The summed E-state index contributed by atoms with van der Waals surface area (Å²) in [6.07, 6.45) is 0. The van der Waals surface area contributed by atoms with Crippen LogP contribution in [-0.4, -0.2) is 13.0 Å². The molecule has 3 nitrogen and oxygen atoms in total. The number of hydrogen-bond donors (Lipinski definition) is 1. The number of hydrogen-bond acceptors (Lipinski definition) is 2. The van der Waals surface area contributed by atoms with Gasteiger partial charge in [-0.1, -0.05) is 11.6 Å². The van der Waals surface area contributed by atoms with E-state index >= 15 is 0 Å². The second-order valence-corrected chi connectivity index (χ2v) is 3.79. The summed E-state index contributed by atoms with van der Waals surface area (Å²) in [5.41, 5.74) is 0. The van der Waals surface area contributed by atoms with Gasteiger partial charge in [0.25, 0.3) is 10.1 Å². The minimum atomic E-state index is -4.08. The third-order valence-corrected chi connectivity index (χ3v) is 2.23. The third kappa shape index (κ3) is 2.98. The molecule has 68 valence electrons. The number of halogens is 2. The summed E-state index contributed by atoms with van der Waals surface area (Å²) >= 11 is 5.49. The predicted molar refractivity (Wildman–Crippen MR) is 48.5 cm³/mol. The summed E-state index contributed by atoms with van der Waals surface area (Å²) in [5, 5.41) is 0.428. The molecule has 0 radical (unpaired) electrons. The molecule has 0 aromatic heterocycles. The van der Waals surface area contributed by atoms with Crippen LogP contribution in [0.15, 0.2) is 29.2 Å². The van der Waals surface area contributed by atoms with E-state index in [1.165, 1.54) is 24.3 Å². The molecule has 1 rings (SSSR count). The average molecular weight is 229 g/mol. The standard InChI is InChI=1S/C6H5ClO3S.ClH/c7-5-1-3-6(4-2-5)11(8,9)10;/h1-4H,(H,8,9,10);1H. The van der Waals surface area contributed by atoms with Crippen molar-refractivity contribution in [3.05, 3.63) is 29.3 Å². The number of rotatable bonds is 1. The van der Waals surface area contributed by atoms with Gasteiger partial charge >= 0.3 is 0 Å². The molecule has 12 heavy (non-hydrogen) atoms. The molecule has 6 heteroatoms. The quantitative estimate of drug-likeness (QED) is 0.749. The zero-order chi connectivity index (χ0) is 8.48. The summed E-state index contributed by atoms with van der Waals surface area (Å²) in [5.74, 6) is 0. The molecule has 0 heterocycles. The zero-order valence-electron chi connectivity index (χ0n) is 5.77. The van der Waals surface area contributed by atoms with E-state index in [0.717, 1.165) is 0 Å². The normalized spacial score (nSPS) is 10.5. The highest BCUT2D eigenvalue weighted by atomic mass is 35.5. The van der Waals surface area contributed by atoms with Crippen LogP contribution in [0.1, 0.15) is 0 Å². The Kier molecular flexibility index (Phi) is 3.99. The van der Waals surface area contributed by atoms with Gasteiger partial charge in [-0.2, -0.15) is 8.42 Å². The Balaban J connectivity index is 0.00000121. The first-order valence-corrected chi connectivity index (χ1v) is 4.55. The summed E-state index contributed by atoms with van der Waals surface area (Å²) < 4.78 is 29.4. The van der Waals surface area contributed by atoms with Crippen molar-refractivity contribution in [1.29, 1.82) is 0 Å². The van der Waals surface area contributed by atoms with Gasteiger partial charge in [-0.25, -0.2) is 0 Å². The first-order chi connectivity index (χ1) is 5.00. The molecular formula is C6H6Cl2O3S. The molecule has 0 spiro atoms. The van der Waals surface area contributed by atoms with Gasteiger partial charge in [0.2, 0.25) is 0 Å². The lowest BCUT2D eigenvalue weighted by Crippen LogP contribution is -1.96. The lowest BCUT2D eigenvalue weighted by molar-refractivity contribution is 0.483. The van der Waals surface area contributed by atoms with Crippen LogP contribution in [0.3, 0.4) is 0 Å². The van der Waals surface area contributed by atoms with Crippen LogP contribution in [0.25, 0.3) is 0 Å². The van der Waals surface area contributed by atoms with Crippen LogP contribution < -0.4 is 0 Å². The zero-order valence-corrected chi connectivity index (χ0v) is 8.16. The topological polar surface area (TPSA) is 54.4 Å². The minimum absolute atomic E-state index is 0. The molecule has 0 fully saturated rings. The van der Waals surface area contributed by atoms with Crippen LogP contribution in [0.2, 0.25) is 5.02 Å². The second kappa shape index (κ2) is 4.09. The smallest absolute Gasteiger partial charge is 0.282 e. The van der Waals surface area contributed by atoms with Gasteiger partial charge < -0.3 is 0 Å². The van der Waals surface area contributed by atoms with Crippen LogP contribution in [0, 0.1) is 0 Å². The molecule has 1 aromatic rings. The van der Waals surface area contributed by atoms with Crippen molar-refractivity contribution in [3.63, 3.8) is 0 Å². The fraction of sp³-hybridized carbons (Fsp3) is 0. The maximum atomic E-state index is 10.5. The second-order valence-electron chi connectivity index (χ2n) is 1.93. The lowest BCUT2D eigenvalue weighted by atomic mass is 10.4. The maximum absolute atomic E-state index is 10.5. The largest absolute Gasteiger partial charge is 0.294 e. The van der Waals surface area contributed by atoms with E-state index in [1.807, 2.05) is 0 Å². The molecule has 0 bridgehead atoms. The van der Waals surface area contributed by atoms with Crippen molar-refractivity contribution in [1.82, 2.24) is 0 Å². The Morgan fingerprint density at radius 3 is 1.92 bits per heavy atom. The van der Waals surface area contributed by atoms with E-state index in [-0.39, 0.29) is 17.3 Å². The average Bonchev–Trinajstić information content (AvgIpc) is 1.86. The van der Waals surface area contributed by atoms with Crippen LogP contribution >= 0.6 is 24.0 Å². The SMILES string of the molecule is Cl.O=S(=O)(O)c1ccc(Cl)cc1. The highest BCUT2D eigenvalue weighted by molar-refractivity contribution is 7.85. The molecule has 0 aliphatic carbocycles. The van der Waals surface area contributed by atoms with Gasteiger partial charge in [0.15, 0.2) is 0 Å². The van der Waals surface area contributed by atoms with Crippen molar-refractivity contribution in [2.75, 3.05) is 0 Å². The van der Waals surface area contributed by atoms with Crippen LogP contribution in [0.5, 0.6) is 0 Å². The van der Waals surface area contributed by atoms with Gasteiger partial charge in [0.05, 0.1) is 4.90 Å². The molecule has 0 aliphatic heterocycles. The summed E-state index contributed by atoms with van der Waals surface area (Å²) in [6.45, 7) is 0. The molecule has 0 saturated carbocycles. The van der Waals surface area contributed by atoms with Gasteiger partial charge in [-0.15, -0.1) is 12.4 Å². The predicted octanol–water partition coefficient (Wildman–Crippen LogP) is 2.01. The first kappa shape index (κ1) is 11.7. The van der Waals surface area contributed by atoms with Gasteiger partial charge in [0.1, 0.15) is 0 Å². The minimum Gasteiger partial charge on any atom is -0.282 e. The van der Waals surface area contributed by atoms with Crippen molar-refractivity contribution in [2.24, 2.45) is 0 Å². The van der Waals surface area contributed by atoms with Crippen molar-refractivity contribution in [2.45, 2.75) is 4.90 Å². The van der Waals surface area contributed by atoms with E-state index in [2.05, 4.69) is 0 Å². The summed E-state index contributed by atoms with van der Waals surface area (Å²) in [6, 6.07) is 5.25. The highest BCUT2D eigenvalue weighted by Gasteiger charge is 2.07. The van der Waals surface area contributed by atoms with Gasteiger partial charge in [0, 0.05) is 5.02 Å². The van der Waals surface area contributed by atoms with E-state index < -0.39 is 10.1 Å². The van der Waals surface area contributed by atoms with E-state index in [1.54, 1.807) is 0 Å². The Bertz CT molecular complexity index is 344. The fourth-order valence-electron chi connectivity index (χ4n) is 0.607. The fourth-order valence-corrected chi connectivity index (χ4v) is 1.21. The van der Waals surface area contributed by atoms with Gasteiger partial charge in [-0.3, -0.25) is 4.55 Å². The molecule has 1 N–H and O–H groups in total. The monoisotopic (exact) mass is 228 g/mol. The highest BCUT2D eigenvalue weighted by Crippen LogP contribution is 2.12. The third-order valence-electron chi connectivity index (χ3n) is 1.11. The molecular weight excluding hydrogens is 223 g/mol. The van der Waals surface area contributed by atoms with Crippen molar-refractivity contribution in [3.8, 4) is 0 Å². The van der Waals surface area contributed by atoms with E-state index in [0.29, 0.717) is 5.02 Å². The first-order valence-electron chi connectivity index (χ1n) is 2.73. The lowest BCUT2D eigenvalue weighted by Gasteiger charge is -1.94. The molecule has 1 aromatic carbocycles. The summed E-state index contributed by atoms with van der Waals surface area (Å²) in [7, 11) is -4.08. The van der Waals surface area contributed by atoms with Crippen LogP contribution in [0.4, 0.5) is 0 Å². The summed E-state index contributed by atoms with van der Waals surface area (Å²) in [4.78, 5) is -0.151. The van der Waals surface area contributed by atoms with Crippen LogP contribution in [-0.2, 0) is 10.1 Å². The van der Waals surface area contributed by atoms with E-state index in [4.69, 9.17) is 16.2 Å². The van der Waals surface area contributed by atoms with Crippen molar-refractivity contribution >= 4 is 34.1 Å². The van der Waals surface area contributed by atoms with Crippen molar-refractivity contribution < 1.29 is 13.0 Å². The molecule has 0 aliphatic rings. The Hall–Kier alpha value is -0.290. The molecule has 0 atom stereocenters. The Morgan fingerprint density at radius 1 is 1.17 bits per heavy atom. The Labute approximate surface area is 81.5 Å². The molecule has 0 unspecified atom stereocenters. The molecule has 0 amide bonds. The van der Waals surface area contributed by atoms with E-state index in [9.17, 15) is 8.42 Å².